The van der Waals surface area contributed by atoms with Crippen LogP contribution in [0.15, 0.2) is 24.4 Å². The van der Waals surface area contributed by atoms with Crippen molar-refractivity contribution in [3.8, 4) is 0 Å². The molecule has 2 heterocycles. The molecule has 0 unspecified atom stereocenters. The number of halogens is 2. The summed E-state index contributed by atoms with van der Waals surface area (Å²) in [6, 6.07) is 3.93. The second-order valence-corrected chi connectivity index (χ2v) is 4.74. The van der Waals surface area contributed by atoms with Gasteiger partial charge in [-0.1, -0.05) is 23.7 Å². The third-order valence-corrected chi connectivity index (χ3v) is 3.61. The quantitative estimate of drug-likeness (QED) is 0.782. The van der Waals surface area contributed by atoms with Crippen LogP contribution in [0.3, 0.4) is 0 Å². The maximum Gasteiger partial charge on any atom is 0.129 e. The van der Waals surface area contributed by atoms with Crippen LogP contribution in [-0.2, 0) is 0 Å². The third kappa shape index (κ3) is 2.10. The number of allylic oxidation sites excluding steroid dienone is 1. The first-order valence-electron chi connectivity index (χ1n) is 5.36. The predicted octanol–water partition coefficient (Wildman–Crippen LogP) is 2.78. The highest BCUT2D eigenvalue weighted by Crippen LogP contribution is 2.37. The lowest BCUT2D eigenvalue weighted by atomic mass is 9.99. The summed E-state index contributed by atoms with van der Waals surface area (Å²) in [5, 5.41) is 3.99. The lowest BCUT2D eigenvalue weighted by Gasteiger charge is -2.06. The van der Waals surface area contributed by atoms with Gasteiger partial charge in [-0.25, -0.2) is 4.98 Å². The number of hydrogen-bond donors (Lipinski definition) is 1. The summed E-state index contributed by atoms with van der Waals surface area (Å²) in [5.74, 6) is 1.53. The fourth-order valence-electron chi connectivity index (χ4n) is 2.56. The largest absolute Gasteiger partial charge is 0.316 e. The number of nitrogens with one attached hydrogen (secondary N) is 1. The average Bonchev–Trinajstić information content (AvgIpc) is 2.78. The van der Waals surface area contributed by atoms with Crippen LogP contribution in [0, 0.1) is 11.8 Å². The lowest BCUT2D eigenvalue weighted by Crippen LogP contribution is -2.09. The number of fused-ring (bicyclic) bond motifs is 1. The highest BCUT2D eigenvalue weighted by Gasteiger charge is 2.31. The van der Waals surface area contributed by atoms with Crippen molar-refractivity contribution < 1.29 is 0 Å². The molecule has 0 amide bonds. The van der Waals surface area contributed by atoms with Crippen molar-refractivity contribution in [3.05, 3.63) is 35.1 Å². The highest BCUT2D eigenvalue weighted by atomic mass is 35.5. The van der Waals surface area contributed by atoms with Gasteiger partial charge in [-0.15, -0.1) is 12.4 Å². The standard InChI is InChI=1S/C12H13ClN2.ClH/c13-12-2-1-8(7-15-12)9-3-10-5-14-6-11(10)4-9;/h1-3,7,10-11,14H,4-6H2;1H/t10-,11+;/m1./s1. The first-order chi connectivity index (χ1) is 7.33. The van der Waals surface area contributed by atoms with Gasteiger partial charge in [0.25, 0.3) is 0 Å². The molecular weight excluding hydrogens is 243 g/mol. The van der Waals surface area contributed by atoms with Gasteiger partial charge in [0.05, 0.1) is 0 Å². The Morgan fingerprint density at radius 1 is 1.31 bits per heavy atom. The molecule has 1 aromatic heterocycles. The Morgan fingerprint density at radius 2 is 2.19 bits per heavy atom. The molecule has 0 bridgehead atoms. The minimum absolute atomic E-state index is 0. The molecule has 1 aliphatic carbocycles. The molecule has 1 N–H and O–H groups in total. The summed E-state index contributed by atoms with van der Waals surface area (Å²) in [5.41, 5.74) is 2.67. The maximum absolute atomic E-state index is 5.77. The van der Waals surface area contributed by atoms with Gasteiger partial charge in [0, 0.05) is 12.7 Å². The normalized spacial score (nSPS) is 27.2. The van der Waals surface area contributed by atoms with Crippen LogP contribution < -0.4 is 5.32 Å². The van der Waals surface area contributed by atoms with Crippen molar-refractivity contribution in [1.29, 1.82) is 0 Å². The van der Waals surface area contributed by atoms with Gasteiger partial charge < -0.3 is 5.32 Å². The zero-order valence-electron chi connectivity index (χ0n) is 8.82. The summed E-state index contributed by atoms with van der Waals surface area (Å²) in [7, 11) is 0. The van der Waals surface area contributed by atoms with E-state index in [1.165, 1.54) is 17.6 Å². The van der Waals surface area contributed by atoms with Gasteiger partial charge in [0.15, 0.2) is 0 Å². The van der Waals surface area contributed by atoms with Crippen LogP contribution in [0.5, 0.6) is 0 Å². The van der Waals surface area contributed by atoms with E-state index < -0.39 is 0 Å². The van der Waals surface area contributed by atoms with E-state index in [4.69, 9.17) is 11.6 Å². The molecule has 4 heteroatoms. The third-order valence-electron chi connectivity index (χ3n) is 3.39. The highest BCUT2D eigenvalue weighted by molar-refractivity contribution is 6.29. The number of aromatic nitrogens is 1. The molecule has 1 fully saturated rings. The Balaban J connectivity index is 0.000000963. The van der Waals surface area contributed by atoms with Crippen molar-refractivity contribution in [3.63, 3.8) is 0 Å². The second-order valence-electron chi connectivity index (χ2n) is 4.35. The number of rotatable bonds is 1. The summed E-state index contributed by atoms with van der Waals surface area (Å²) in [6.45, 7) is 2.29. The first kappa shape index (κ1) is 11.9. The van der Waals surface area contributed by atoms with Crippen molar-refractivity contribution in [1.82, 2.24) is 10.3 Å². The van der Waals surface area contributed by atoms with Crippen LogP contribution in [-0.4, -0.2) is 18.1 Å². The van der Waals surface area contributed by atoms with Gasteiger partial charge in [0.1, 0.15) is 5.15 Å². The zero-order chi connectivity index (χ0) is 10.3. The fourth-order valence-corrected chi connectivity index (χ4v) is 2.67. The molecule has 2 atom stereocenters. The van der Waals surface area contributed by atoms with E-state index in [2.05, 4.69) is 22.4 Å². The van der Waals surface area contributed by atoms with E-state index in [1.54, 1.807) is 0 Å². The molecule has 0 radical (unpaired) electrons. The van der Waals surface area contributed by atoms with Crippen molar-refractivity contribution in [2.45, 2.75) is 6.42 Å². The zero-order valence-corrected chi connectivity index (χ0v) is 10.4. The SMILES string of the molecule is Cl.Clc1ccc(C2=C[C@@H]3CNC[C@@H]3C2)cn1. The van der Waals surface area contributed by atoms with Crippen LogP contribution >= 0.6 is 24.0 Å². The number of hydrogen-bond acceptors (Lipinski definition) is 2. The summed E-state index contributed by atoms with van der Waals surface area (Å²) < 4.78 is 0. The van der Waals surface area contributed by atoms with Crippen LogP contribution in [0.1, 0.15) is 12.0 Å². The molecule has 2 nitrogen and oxygen atoms in total. The van der Waals surface area contributed by atoms with Crippen molar-refractivity contribution >= 4 is 29.6 Å². The Hall–Kier alpha value is -0.570. The van der Waals surface area contributed by atoms with E-state index in [0.717, 1.165) is 24.9 Å². The Morgan fingerprint density at radius 3 is 2.88 bits per heavy atom. The second kappa shape index (κ2) is 4.74. The summed E-state index contributed by atoms with van der Waals surface area (Å²) in [6.07, 6.45) is 5.46. The number of nitrogens with zero attached hydrogens (tertiary/aromatic N) is 1. The molecule has 1 aliphatic heterocycles. The Kier molecular flexibility index (Phi) is 3.53. The fraction of sp³-hybridized carbons (Fsp3) is 0.417. The molecule has 2 aliphatic rings. The van der Waals surface area contributed by atoms with Crippen molar-refractivity contribution in [2.75, 3.05) is 13.1 Å². The molecule has 16 heavy (non-hydrogen) atoms. The van der Waals surface area contributed by atoms with E-state index in [1.807, 2.05) is 12.3 Å². The van der Waals surface area contributed by atoms with Gasteiger partial charge in [0.2, 0.25) is 0 Å². The minimum atomic E-state index is 0. The van der Waals surface area contributed by atoms with Crippen molar-refractivity contribution in [2.24, 2.45) is 11.8 Å². The van der Waals surface area contributed by atoms with Gasteiger partial charge >= 0.3 is 0 Å². The first-order valence-corrected chi connectivity index (χ1v) is 5.74. The maximum atomic E-state index is 5.77. The van der Waals surface area contributed by atoms with E-state index in [0.29, 0.717) is 5.15 Å². The van der Waals surface area contributed by atoms with E-state index in [-0.39, 0.29) is 12.4 Å². The van der Waals surface area contributed by atoms with E-state index in [9.17, 15) is 0 Å². The lowest BCUT2D eigenvalue weighted by molar-refractivity contribution is 0.536. The monoisotopic (exact) mass is 256 g/mol. The average molecular weight is 257 g/mol. The summed E-state index contributed by atoms with van der Waals surface area (Å²) >= 11 is 5.77. The van der Waals surface area contributed by atoms with E-state index >= 15 is 0 Å². The van der Waals surface area contributed by atoms with Crippen LogP contribution in [0.2, 0.25) is 5.15 Å². The van der Waals surface area contributed by atoms with Crippen LogP contribution in [0.25, 0.3) is 5.57 Å². The molecular formula is C12H14Cl2N2. The Bertz CT molecular complexity index is 400. The van der Waals surface area contributed by atoms with Gasteiger partial charge in [-0.3, -0.25) is 0 Å². The minimum Gasteiger partial charge on any atom is -0.316 e. The summed E-state index contributed by atoms with van der Waals surface area (Å²) in [4.78, 5) is 4.13. The molecule has 3 rings (SSSR count). The molecule has 0 aromatic carbocycles. The molecule has 0 spiro atoms. The number of pyridine rings is 1. The predicted molar refractivity (Wildman–Crippen MR) is 68.9 cm³/mol. The topological polar surface area (TPSA) is 24.9 Å². The molecule has 1 saturated heterocycles. The Labute approximate surface area is 107 Å². The van der Waals surface area contributed by atoms with Gasteiger partial charge in [-0.05, 0) is 42.0 Å². The molecule has 86 valence electrons. The van der Waals surface area contributed by atoms with Crippen LogP contribution in [0.4, 0.5) is 0 Å². The molecule has 1 aromatic rings. The van der Waals surface area contributed by atoms with Gasteiger partial charge in [-0.2, -0.15) is 0 Å². The molecule has 0 saturated carbocycles. The smallest absolute Gasteiger partial charge is 0.129 e.